The molecule has 3 heterocycles. The van der Waals surface area contributed by atoms with Crippen LogP contribution in [0.4, 0.5) is 11.6 Å². The molecule has 1 aliphatic heterocycles. The van der Waals surface area contributed by atoms with Gasteiger partial charge in [-0.25, -0.2) is 15.0 Å². The number of hydrogen-bond acceptors (Lipinski definition) is 5. The van der Waals surface area contributed by atoms with E-state index in [0.717, 1.165) is 55.0 Å². The third-order valence-corrected chi connectivity index (χ3v) is 6.76. The van der Waals surface area contributed by atoms with Gasteiger partial charge in [-0.15, -0.1) is 0 Å². The number of aromatic nitrogens is 4. The van der Waals surface area contributed by atoms with E-state index < -0.39 is 0 Å². The third-order valence-electron chi connectivity index (χ3n) is 6.76. The lowest BCUT2D eigenvalue weighted by Crippen LogP contribution is -2.27. The zero-order valence-corrected chi connectivity index (χ0v) is 18.4. The molecule has 0 saturated heterocycles. The molecule has 1 aromatic carbocycles. The monoisotopic (exact) mass is 416 g/mol. The van der Waals surface area contributed by atoms with Crippen molar-refractivity contribution in [2.45, 2.75) is 64.8 Å². The van der Waals surface area contributed by atoms with Gasteiger partial charge in [-0.2, -0.15) is 0 Å². The van der Waals surface area contributed by atoms with Crippen LogP contribution in [-0.4, -0.2) is 26.1 Å². The van der Waals surface area contributed by atoms with Gasteiger partial charge in [0.2, 0.25) is 5.95 Å². The van der Waals surface area contributed by atoms with Crippen molar-refractivity contribution < 1.29 is 0 Å². The highest BCUT2D eigenvalue weighted by Gasteiger charge is 2.20. The van der Waals surface area contributed by atoms with E-state index in [0.29, 0.717) is 0 Å². The molecule has 0 spiro atoms. The first-order valence-corrected chi connectivity index (χ1v) is 11.7. The predicted molar refractivity (Wildman–Crippen MR) is 124 cm³/mol. The van der Waals surface area contributed by atoms with E-state index in [9.17, 15) is 0 Å². The minimum absolute atomic E-state index is 0.728. The number of imidazole rings is 1. The van der Waals surface area contributed by atoms with Gasteiger partial charge in [0.1, 0.15) is 5.82 Å². The summed E-state index contributed by atoms with van der Waals surface area (Å²) in [7, 11) is 0. The molecule has 2 aromatic heterocycles. The fourth-order valence-electron chi connectivity index (χ4n) is 4.98. The molecule has 1 aliphatic carbocycles. The molecule has 2 N–H and O–H groups in total. The van der Waals surface area contributed by atoms with Crippen LogP contribution in [0.15, 0.2) is 36.7 Å². The summed E-state index contributed by atoms with van der Waals surface area (Å²) in [5.41, 5.74) is 5.88. The average Bonchev–Trinajstić information content (AvgIpc) is 3.24. The molecule has 0 radical (unpaired) electrons. The maximum absolute atomic E-state index is 4.97. The Balaban J connectivity index is 1.34. The number of anilines is 2. The molecule has 0 amide bonds. The lowest BCUT2D eigenvalue weighted by Gasteiger charge is -2.24. The van der Waals surface area contributed by atoms with Gasteiger partial charge in [0.15, 0.2) is 0 Å². The van der Waals surface area contributed by atoms with E-state index in [1.54, 1.807) is 0 Å². The largest absolute Gasteiger partial charge is 0.324 e. The molecule has 162 valence electrons. The van der Waals surface area contributed by atoms with Crippen molar-refractivity contribution in [3.63, 3.8) is 0 Å². The molecule has 0 bridgehead atoms. The van der Waals surface area contributed by atoms with Crippen molar-refractivity contribution >= 4 is 11.6 Å². The van der Waals surface area contributed by atoms with Crippen LogP contribution in [0.25, 0.3) is 5.69 Å². The molecule has 6 nitrogen and oxygen atoms in total. The average molecular weight is 417 g/mol. The first-order valence-electron chi connectivity index (χ1n) is 11.7. The number of benzene rings is 1. The van der Waals surface area contributed by atoms with Crippen LogP contribution in [0.5, 0.6) is 0 Å². The minimum Gasteiger partial charge on any atom is -0.324 e. The van der Waals surface area contributed by atoms with Gasteiger partial charge >= 0.3 is 0 Å². The zero-order chi connectivity index (χ0) is 21.0. The van der Waals surface area contributed by atoms with Crippen LogP contribution in [0.1, 0.15) is 61.3 Å². The van der Waals surface area contributed by atoms with Crippen molar-refractivity contribution in [1.82, 2.24) is 24.8 Å². The second kappa shape index (κ2) is 9.18. The van der Waals surface area contributed by atoms with Crippen molar-refractivity contribution in [2.75, 3.05) is 11.9 Å². The molecule has 5 rings (SSSR count). The lowest BCUT2D eigenvalue weighted by molar-refractivity contribution is 0.338. The number of fused-ring (bicyclic) bond motifs is 1. The summed E-state index contributed by atoms with van der Waals surface area (Å²) in [5, 5.41) is 6.96. The first kappa shape index (κ1) is 20.2. The normalized spacial score (nSPS) is 16.8. The molecule has 3 aromatic rings. The standard InChI is InChI=1S/C25H32N6/c1-18-27-15-16-31(18)21-10-8-20(9-11-21)28-25-29-23(12-7-19-5-3-2-4-6-19)22-17-26-14-13-24(22)30-25/h8-11,15-16,19,26H,2-7,12-14,17H2,1H3,(H,28,29,30). The highest BCUT2D eigenvalue weighted by molar-refractivity contribution is 5.56. The van der Waals surface area contributed by atoms with Crippen LogP contribution in [0.2, 0.25) is 0 Å². The Kier molecular flexibility index (Phi) is 5.98. The zero-order valence-electron chi connectivity index (χ0n) is 18.4. The van der Waals surface area contributed by atoms with Crippen molar-refractivity contribution in [3.8, 4) is 5.69 Å². The van der Waals surface area contributed by atoms with Crippen molar-refractivity contribution in [1.29, 1.82) is 0 Å². The molecule has 2 aliphatic rings. The van der Waals surface area contributed by atoms with E-state index in [2.05, 4.69) is 44.5 Å². The minimum atomic E-state index is 0.728. The summed E-state index contributed by atoms with van der Waals surface area (Å²) >= 11 is 0. The van der Waals surface area contributed by atoms with E-state index in [-0.39, 0.29) is 0 Å². The Bertz CT molecular complexity index is 1020. The van der Waals surface area contributed by atoms with E-state index in [1.807, 2.05) is 19.3 Å². The predicted octanol–water partition coefficient (Wildman–Crippen LogP) is 4.87. The molecular weight excluding hydrogens is 384 g/mol. The Morgan fingerprint density at radius 1 is 1.10 bits per heavy atom. The first-order chi connectivity index (χ1) is 15.3. The number of rotatable bonds is 6. The molecule has 31 heavy (non-hydrogen) atoms. The van der Waals surface area contributed by atoms with Gasteiger partial charge in [-0.3, -0.25) is 0 Å². The number of hydrogen-bond donors (Lipinski definition) is 2. The Morgan fingerprint density at radius 3 is 2.71 bits per heavy atom. The Morgan fingerprint density at radius 2 is 1.94 bits per heavy atom. The molecule has 0 atom stereocenters. The molecular formula is C25H32N6. The second-order valence-electron chi connectivity index (χ2n) is 8.90. The van der Waals surface area contributed by atoms with Gasteiger partial charge < -0.3 is 15.2 Å². The fourth-order valence-corrected chi connectivity index (χ4v) is 4.98. The summed E-state index contributed by atoms with van der Waals surface area (Å²) in [6.45, 7) is 3.90. The number of aryl methyl sites for hydroxylation is 2. The maximum Gasteiger partial charge on any atom is 0.227 e. The highest BCUT2D eigenvalue weighted by Crippen LogP contribution is 2.29. The number of nitrogens with one attached hydrogen (secondary N) is 2. The summed E-state index contributed by atoms with van der Waals surface area (Å²) in [6, 6.07) is 8.37. The molecule has 6 heteroatoms. The summed E-state index contributed by atoms with van der Waals surface area (Å²) in [4.78, 5) is 14.2. The van der Waals surface area contributed by atoms with Crippen LogP contribution < -0.4 is 10.6 Å². The van der Waals surface area contributed by atoms with Crippen molar-refractivity contribution in [2.24, 2.45) is 5.92 Å². The maximum atomic E-state index is 4.97. The molecule has 0 unspecified atom stereocenters. The van der Waals surface area contributed by atoms with Gasteiger partial charge in [-0.1, -0.05) is 32.1 Å². The fraction of sp³-hybridized carbons (Fsp3) is 0.480. The van der Waals surface area contributed by atoms with Crippen LogP contribution >= 0.6 is 0 Å². The quantitative estimate of drug-likeness (QED) is 0.600. The van der Waals surface area contributed by atoms with Gasteiger partial charge in [0.05, 0.1) is 11.4 Å². The van der Waals surface area contributed by atoms with Gasteiger partial charge in [0, 0.05) is 48.8 Å². The second-order valence-corrected chi connectivity index (χ2v) is 8.90. The summed E-state index contributed by atoms with van der Waals surface area (Å²) < 4.78 is 2.08. The topological polar surface area (TPSA) is 67.7 Å². The van der Waals surface area contributed by atoms with E-state index >= 15 is 0 Å². The number of nitrogens with zero attached hydrogens (tertiary/aromatic N) is 4. The van der Waals surface area contributed by atoms with Gasteiger partial charge in [0.25, 0.3) is 0 Å². The smallest absolute Gasteiger partial charge is 0.227 e. The van der Waals surface area contributed by atoms with Crippen LogP contribution in [0, 0.1) is 12.8 Å². The SMILES string of the molecule is Cc1nccn1-c1ccc(Nc2nc3c(c(CCC4CCCCC4)n2)CNCC3)cc1. The van der Waals surface area contributed by atoms with E-state index in [4.69, 9.17) is 9.97 Å². The van der Waals surface area contributed by atoms with Crippen LogP contribution in [-0.2, 0) is 19.4 Å². The Labute approximate surface area is 184 Å². The van der Waals surface area contributed by atoms with E-state index in [1.165, 1.54) is 55.5 Å². The highest BCUT2D eigenvalue weighted by atomic mass is 15.1. The third kappa shape index (κ3) is 4.64. The summed E-state index contributed by atoms with van der Waals surface area (Å²) in [6.07, 6.45) is 14.1. The Hall–Kier alpha value is -2.73. The van der Waals surface area contributed by atoms with Gasteiger partial charge in [-0.05, 0) is 49.9 Å². The molecule has 1 saturated carbocycles. The van der Waals surface area contributed by atoms with Crippen molar-refractivity contribution in [3.05, 3.63) is 59.4 Å². The molecule has 1 fully saturated rings. The lowest BCUT2D eigenvalue weighted by atomic mass is 9.85. The summed E-state index contributed by atoms with van der Waals surface area (Å²) in [5.74, 6) is 2.58. The van der Waals surface area contributed by atoms with Crippen LogP contribution in [0.3, 0.4) is 0 Å².